The second-order valence-electron chi connectivity index (χ2n) is 5.67. The van der Waals surface area contributed by atoms with Crippen LogP contribution in [0, 0.1) is 0 Å². The number of benzene rings is 1. The lowest BCUT2D eigenvalue weighted by atomic mass is 10.1. The van der Waals surface area contributed by atoms with Gasteiger partial charge in [0.15, 0.2) is 0 Å². The molecule has 2 aromatic rings. The van der Waals surface area contributed by atoms with E-state index in [9.17, 15) is 0 Å². The minimum Gasteiger partial charge on any atom is -0.497 e. The minimum atomic E-state index is 0.839. The number of hydrogen-bond acceptors (Lipinski definition) is 5. The Morgan fingerprint density at radius 3 is 2.22 bits per heavy atom. The topological polar surface area (TPSA) is 37.8 Å². The summed E-state index contributed by atoms with van der Waals surface area (Å²) >= 11 is 0. The van der Waals surface area contributed by atoms with Gasteiger partial charge >= 0.3 is 0 Å². The summed E-state index contributed by atoms with van der Waals surface area (Å²) in [6.07, 6.45) is 1.85. The smallest absolute Gasteiger partial charge is 0.128 e. The second kappa shape index (κ2) is 7.33. The fourth-order valence-corrected chi connectivity index (χ4v) is 2.89. The minimum absolute atomic E-state index is 0.839. The Kier molecular flexibility index (Phi) is 4.98. The number of anilines is 1. The molecule has 0 spiro atoms. The van der Waals surface area contributed by atoms with Gasteiger partial charge in [0.1, 0.15) is 17.3 Å². The molecule has 1 aliphatic heterocycles. The summed E-state index contributed by atoms with van der Waals surface area (Å²) < 4.78 is 10.7. The van der Waals surface area contributed by atoms with Gasteiger partial charge in [-0.2, -0.15) is 0 Å². The molecular weight excluding hydrogens is 290 g/mol. The van der Waals surface area contributed by atoms with E-state index in [1.54, 1.807) is 14.2 Å². The summed E-state index contributed by atoms with van der Waals surface area (Å²) in [6.45, 7) is 4.95. The van der Waals surface area contributed by atoms with Crippen molar-refractivity contribution < 1.29 is 9.47 Å². The Balaban J connectivity index is 1.60. The number of ether oxygens (including phenoxy) is 2. The molecule has 0 atom stereocenters. The number of hydrogen-bond donors (Lipinski definition) is 0. The van der Waals surface area contributed by atoms with Crippen molar-refractivity contribution in [2.24, 2.45) is 0 Å². The zero-order valence-corrected chi connectivity index (χ0v) is 13.7. The third kappa shape index (κ3) is 3.93. The Labute approximate surface area is 137 Å². The summed E-state index contributed by atoms with van der Waals surface area (Å²) in [5.74, 6) is 2.74. The normalized spacial score (nSPS) is 15.5. The SMILES string of the molecule is COc1cc(CN2CCN(c3ccccn3)CC2)cc(OC)c1. The van der Waals surface area contributed by atoms with E-state index >= 15 is 0 Å². The monoisotopic (exact) mass is 313 g/mol. The molecule has 0 amide bonds. The van der Waals surface area contributed by atoms with Crippen molar-refractivity contribution in [3.63, 3.8) is 0 Å². The molecule has 1 aliphatic rings. The van der Waals surface area contributed by atoms with Crippen molar-refractivity contribution in [3.05, 3.63) is 48.2 Å². The highest BCUT2D eigenvalue weighted by molar-refractivity contribution is 5.39. The lowest BCUT2D eigenvalue weighted by molar-refractivity contribution is 0.248. The predicted molar refractivity (Wildman–Crippen MR) is 91.3 cm³/mol. The molecule has 1 aromatic heterocycles. The van der Waals surface area contributed by atoms with E-state index in [1.807, 2.05) is 24.4 Å². The maximum absolute atomic E-state index is 5.35. The number of nitrogens with zero attached hydrogens (tertiary/aromatic N) is 3. The zero-order valence-electron chi connectivity index (χ0n) is 13.7. The molecule has 122 valence electrons. The molecule has 5 nitrogen and oxygen atoms in total. The summed E-state index contributed by atoms with van der Waals surface area (Å²) in [5.41, 5.74) is 1.22. The Hall–Kier alpha value is -2.27. The highest BCUT2D eigenvalue weighted by atomic mass is 16.5. The number of piperazine rings is 1. The molecule has 0 aliphatic carbocycles. The number of pyridine rings is 1. The van der Waals surface area contributed by atoms with Gasteiger partial charge in [-0.05, 0) is 29.8 Å². The van der Waals surface area contributed by atoms with Crippen LogP contribution in [0.25, 0.3) is 0 Å². The standard InChI is InChI=1S/C18H23N3O2/c1-22-16-11-15(12-17(13-16)23-2)14-20-7-9-21(10-8-20)18-5-3-4-6-19-18/h3-6,11-13H,7-10,14H2,1-2H3. The third-order valence-electron chi connectivity index (χ3n) is 4.16. The predicted octanol–water partition coefficient (Wildman–Crippen LogP) is 2.42. The van der Waals surface area contributed by atoms with Gasteiger partial charge in [-0.3, -0.25) is 4.90 Å². The van der Waals surface area contributed by atoms with Crippen LogP contribution in [0.3, 0.4) is 0 Å². The molecule has 1 saturated heterocycles. The molecule has 23 heavy (non-hydrogen) atoms. The molecule has 0 unspecified atom stereocenters. The average molecular weight is 313 g/mol. The number of aromatic nitrogens is 1. The van der Waals surface area contributed by atoms with E-state index in [0.717, 1.165) is 50.0 Å². The van der Waals surface area contributed by atoms with E-state index in [0.29, 0.717) is 0 Å². The van der Waals surface area contributed by atoms with E-state index in [2.05, 4.69) is 33.0 Å². The molecule has 0 bridgehead atoms. The zero-order chi connectivity index (χ0) is 16.1. The highest BCUT2D eigenvalue weighted by Crippen LogP contribution is 2.24. The lowest BCUT2D eigenvalue weighted by Gasteiger charge is -2.35. The Morgan fingerprint density at radius 2 is 1.65 bits per heavy atom. The van der Waals surface area contributed by atoms with E-state index in [-0.39, 0.29) is 0 Å². The van der Waals surface area contributed by atoms with Crippen molar-refractivity contribution in [2.75, 3.05) is 45.3 Å². The Morgan fingerprint density at radius 1 is 0.957 bits per heavy atom. The van der Waals surface area contributed by atoms with Crippen LogP contribution in [0.2, 0.25) is 0 Å². The van der Waals surface area contributed by atoms with Gasteiger partial charge in [0, 0.05) is 45.0 Å². The molecular formula is C18H23N3O2. The van der Waals surface area contributed by atoms with Gasteiger partial charge in [0.05, 0.1) is 14.2 Å². The van der Waals surface area contributed by atoms with Crippen LogP contribution < -0.4 is 14.4 Å². The van der Waals surface area contributed by atoms with Gasteiger partial charge < -0.3 is 14.4 Å². The maximum Gasteiger partial charge on any atom is 0.128 e. The largest absolute Gasteiger partial charge is 0.497 e. The van der Waals surface area contributed by atoms with Gasteiger partial charge in [-0.15, -0.1) is 0 Å². The van der Waals surface area contributed by atoms with E-state index in [4.69, 9.17) is 9.47 Å². The molecule has 2 heterocycles. The van der Waals surface area contributed by atoms with Gasteiger partial charge in [0.2, 0.25) is 0 Å². The Bertz CT molecular complexity index is 603. The van der Waals surface area contributed by atoms with Crippen LogP contribution in [0.15, 0.2) is 42.6 Å². The van der Waals surface area contributed by atoms with Crippen molar-refractivity contribution in [2.45, 2.75) is 6.54 Å². The summed E-state index contributed by atoms with van der Waals surface area (Å²) in [7, 11) is 3.37. The van der Waals surface area contributed by atoms with E-state index in [1.165, 1.54) is 5.56 Å². The molecule has 0 N–H and O–H groups in total. The van der Waals surface area contributed by atoms with Crippen LogP contribution in [-0.4, -0.2) is 50.3 Å². The number of rotatable bonds is 5. The molecule has 1 aromatic carbocycles. The second-order valence-corrected chi connectivity index (χ2v) is 5.67. The average Bonchev–Trinajstić information content (AvgIpc) is 2.62. The number of methoxy groups -OCH3 is 2. The highest BCUT2D eigenvalue weighted by Gasteiger charge is 2.18. The first kappa shape index (κ1) is 15.6. The van der Waals surface area contributed by atoms with E-state index < -0.39 is 0 Å². The van der Waals surface area contributed by atoms with Crippen LogP contribution in [0.1, 0.15) is 5.56 Å². The summed E-state index contributed by atoms with van der Waals surface area (Å²) in [5, 5.41) is 0. The summed E-state index contributed by atoms with van der Waals surface area (Å²) in [4.78, 5) is 9.22. The van der Waals surface area contributed by atoms with Crippen molar-refractivity contribution >= 4 is 5.82 Å². The molecule has 0 saturated carbocycles. The van der Waals surface area contributed by atoms with Crippen LogP contribution in [0.4, 0.5) is 5.82 Å². The van der Waals surface area contributed by atoms with Crippen LogP contribution in [-0.2, 0) is 6.54 Å². The first-order valence-electron chi connectivity index (χ1n) is 7.89. The van der Waals surface area contributed by atoms with Crippen LogP contribution >= 0.6 is 0 Å². The lowest BCUT2D eigenvalue weighted by Crippen LogP contribution is -2.46. The first-order valence-corrected chi connectivity index (χ1v) is 7.89. The summed E-state index contributed by atoms with van der Waals surface area (Å²) in [6, 6.07) is 12.1. The van der Waals surface area contributed by atoms with Crippen LogP contribution in [0.5, 0.6) is 11.5 Å². The first-order chi connectivity index (χ1) is 11.3. The third-order valence-corrected chi connectivity index (χ3v) is 4.16. The molecule has 5 heteroatoms. The quantitative estimate of drug-likeness (QED) is 0.847. The van der Waals surface area contributed by atoms with Crippen molar-refractivity contribution in [3.8, 4) is 11.5 Å². The van der Waals surface area contributed by atoms with Gasteiger partial charge in [-0.1, -0.05) is 6.07 Å². The fraction of sp³-hybridized carbons (Fsp3) is 0.389. The fourth-order valence-electron chi connectivity index (χ4n) is 2.89. The molecule has 3 rings (SSSR count). The maximum atomic E-state index is 5.35. The van der Waals surface area contributed by atoms with Gasteiger partial charge in [0.25, 0.3) is 0 Å². The van der Waals surface area contributed by atoms with Crippen molar-refractivity contribution in [1.29, 1.82) is 0 Å². The molecule has 0 radical (unpaired) electrons. The van der Waals surface area contributed by atoms with Crippen molar-refractivity contribution in [1.82, 2.24) is 9.88 Å². The molecule has 1 fully saturated rings. The van der Waals surface area contributed by atoms with Gasteiger partial charge in [-0.25, -0.2) is 4.98 Å².